The number of rotatable bonds is 6. The van der Waals surface area contributed by atoms with Crippen molar-refractivity contribution in [1.82, 2.24) is 0 Å². The summed E-state index contributed by atoms with van der Waals surface area (Å²) in [5.74, 6) is 1.73. The van der Waals surface area contributed by atoms with E-state index in [1.165, 1.54) is 5.56 Å². The van der Waals surface area contributed by atoms with Crippen molar-refractivity contribution >= 4 is 29.1 Å². The minimum absolute atomic E-state index is 0.0261. The summed E-state index contributed by atoms with van der Waals surface area (Å²) >= 11 is 7.26. The highest BCUT2D eigenvalue weighted by molar-refractivity contribution is 7.98. The van der Waals surface area contributed by atoms with Crippen molar-refractivity contribution in [2.24, 2.45) is 0 Å². The summed E-state index contributed by atoms with van der Waals surface area (Å²) in [5.41, 5.74) is 1.89. The van der Waals surface area contributed by atoms with Gasteiger partial charge in [0.05, 0.1) is 13.0 Å². The van der Waals surface area contributed by atoms with Crippen molar-refractivity contribution in [1.29, 1.82) is 0 Å². The standard InChI is InChI=1S/C16H15ClO2S/c1-19-14-6-2-12(3-7-14)11-20-15-8-4-13(5-9-15)16(18)10-17/h2-9H,10-11H2,1H3. The number of carbonyl (C=O) groups excluding carboxylic acids is 1. The number of Topliss-reactive ketones (excluding diaryl/α,β-unsaturated/α-hetero) is 1. The molecular formula is C16H15ClO2S. The lowest BCUT2D eigenvalue weighted by Gasteiger charge is -2.04. The van der Waals surface area contributed by atoms with Crippen molar-refractivity contribution in [3.8, 4) is 5.75 Å². The Morgan fingerprint density at radius 2 is 1.75 bits per heavy atom. The van der Waals surface area contributed by atoms with Crippen LogP contribution in [0.4, 0.5) is 0 Å². The predicted molar refractivity (Wildman–Crippen MR) is 84.0 cm³/mol. The third-order valence-corrected chi connectivity index (χ3v) is 4.19. The van der Waals surface area contributed by atoms with Crippen LogP contribution in [0.1, 0.15) is 15.9 Å². The van der Waals surface area contributed by atoms with Crippen molar-refractivity contribution < 1.29 is 9.53 Å². The first-order valence-electron chi connectivity index (χ1n) is 6.18. The van der Waals surface area contributed by atoms with E-state index in [4.69, 9.17) is 16.3 Å². The smallest absolute Gasteiger partial charge is 0.177 e. The lowest BCUT2D eigenvalue weighted by atomic mass is 10.1. The average molecular weight is 307 g/mol. The maximum atomic E-state index is 11.4. The van der Waals surface area contributed by atoms with E-state index in [1.807, 2.05) is 36.4 Å². The molecule has 0 fully saturated rings. The van der Waals surface area contributed by atoms with E-state index in [-0.39, 0.29) is 11.7 Å². The van der Waals surface area contributed by atoms with Gasteiger partial charge in [-0.05, 0) is 29.8 Å². The lowest BCUT2D eigenvalue weighted by Crippen LogP contribution is -1.99. The Bertz CT molecular complexity index is 564. The van der Waals surface area contributed by atoms with Crippen molar-refractivity contribution in [2.75, 3.05) is 13.0 Å². The van der Waals surface area contributed by atoms with Crippen LogP contribution < -0.4 is 4.74 Å². The minimum Gasteiger partial charge on any atom is -0.497 e. The van der Waals surface area contributed by atoms with Crippen molar-refractivity contribution in [3.63, 3.8) is 0 Å². The fraction of sp³-hybridized carbons (Fsp3) is 0.188. The maximum absolute atomic E-state index is 11.4. The van der Waals surface area contributed by atoms with Crippen LogP contribution in [0.3, 0.4) is 0 Å². The van der Waals surface area contributed by atoms with Gasteiger partial charge in [-0.3, -0.25) is 4.79 Å². The zero-order chi connectivity index (χ0) is 14.4. The third kappa shape index (κ3) is 4.02. The number of carbonyl (C=O) groups is 1. The number of thioether (sulfide) groups is 1. The molecule has 0 heterocycles. The normalized spacial score (nSPS) is 10.3. The third-order valence-electron chi connectivity index (χ3n) is 2.86. The molecule has 0 unspecified atom stereocenters. The summed E-state index contributed by atoms with van der Waals surface area (Å²) in [6.07, 6.45) is 0. The summed E-state index contributed by atoms with van der Waals surface area (Å²) in [4.78, 5) is 12.5. The minimum atomic E-state index is -0.0432. The molecule has 0 bridgehead atoms. The molecular weight excluding hydrogens is 292 g/mol. The summed E-state index contributed by atoms with van der Waals surface area (Å²) < 4.78 is 5.13. The zero-order valence-electron chi connectivity index (χ0n) is 11.1. The zero-order valence-corrected chi connectivity index (χ0v) is 12.7. The molecule has 0 N–H and O–H groups in total. The highest BCUT2D eigenvalue weighted by Crippen LogP contribution is 2.24. The van der Waals surface area contributed by atoms with Crippen LogP contribution >= 0.6 is 23.4 Å². The number of halogens is 1. The topological polar surface area (TPSA) is 26.3 Å². The Morgan fingerprint density at radius 1 is 1.10 bits per heavy atom. The number of ether oxygens (including phenoxy) is 1. The highest BCUT2D eigenvalue weighted by atomic mass is 35.5. The Morgan fingerprint density at radius 3 is 2.30 bits per heavy atom. The van der Waals surface area contributed by atoms with Crippen LogP contribution in [0.15, 0.2) is 53.4 Å². The van der Waals surface area contributed by atoms with E-state index in [2.05, 4.69) is 12.1 Å². The van der Waals surface area contributed by atoms with Gasteiger partial charge in [0, 0.05) is 16.2 Å². The summed E-state index contributed by atoms with van der Waals surface area (Å²) in [6.45, 7) is 0. The van der Waals surface area contributed by atoms with Gasteiger partial charge >= 0.3 is 0 Å². The van der Waals surface area contributed by atoms with Gasteiger partial charge in [-0.2, -0.15) is 0 Å². The van der Waals surface area contributed by atoms with Crippen LogP contribution in [0.25, 0.3) is 0 Å². The molecule has 0 spiro atoms. The maximum Gasteiger partial charge on any atom is 0.177 e. The van der Waals surface area contributed by atoms with Gasteiger partial charge < -0.3 is 4.74 Å². The molecule has 20 heavy (non-hydrogen) atoms. The van der Waals surface area contributed by atoms with Crippen LogP contribution in [0, 0.1) is 0 Å². The van der Waals surface area contributed by atoms with Gasteiger partial charge in [-0.1, -0.05) is 24.3 Å². The molecule has 0 saturated carbocycles. The predicted octanol–water partition coefficient (Wildman–Crippen LogP) is 4.41. The van der Waals surface area contributed by atoms with Crippen LogP contribution in [-0.2, 0) is 5.75 Å². The molecule has 2 rings (SSSR count). The summed E-state index contributed by atoms with van der Waals surface area (Å²) in [6, 6.07) is 15.6. The first-order chi connectivity index (χ1) is 9.72. The molecule has 0 amide bonds. The van der Waals surface area contributed by atoms with E-state index >= 15 is 0 Å². The lowest BCUT2D eigenvalue weighted by molar-refractivity contribution is 0.102. The molecule has 4 heteroatoms. The van der Waals surface area contributed by atoms with E-state index in [9.17, 15) is 4.79 Å². The van der Waals surface area contributed by atoms with E-state index < -0.39 is 0 Å². The summed E-state index contributed by atoms with van der Waals surface area (Å²) in [5, 5.41) is 0. The number of hydrogen-bond donors (Lipinski definition) is 0. The van der Waals surface area contributed by atoms with Crippen LogP contribution in [-0.4, -0.2) is 18.8 Å². The molecule has 0 atom stereocenters. The second kappa shape index (κ2) is 7.36. The molecule has 0 aliphatic heterocycles. The van der Waals surface area contributed by atoms with Crippen LogP contribution in [0.5, 0.6) is 5.75 Å². The first kappa shape index (κ1) is 14.9. The molecule has 104 valence electrons. The summed E-state index contributed by atoms with van der Waals surface area (Å²) in [7, 11) is 1.66. The van der Waals surface area contributed by atoms with Crippen LogP contribution in [0.2, 0.25) is 0 Å². The molecule has 0 aliphatic carbocycles. The van der Waals surface area contributed by atoms with Gasteiger partial charge in [0.2, 0.25) is 0 Å². The number of ketones is 1. The number of hydrogen-bond acceptors (Lipinski definition) is 3. The number of methoxy groups -OCH3 is 1. The van der Waals surface area contributed by atoms with Gasteiger partial charge in [0.25, 0.3) is 0 Å². The van der Waals surface area contributed by atoms with Crippen molar-refractivity contribution in [3.05, 3.63) is 59.7 Å². The van der Waals surface area contributed by atoms with Gasteiger partial charge in [-0.25, -0.2) is 0 Å². The fourth-order valence-corrected chi connectivity index (χ4v) is 2.71. The van der Waals surface area contributed by atoms with Gasteiger partial charge in [-0.15, -0.1) is 23.4 Å². The van der Waals surface area contributed by atoms with E-state index in [0.29, 0.717) is 5.56 Å². The number of benzene rings is 2. The second-order valence-corrected chi connectivity index (χ2v) is 5.53. The van der Waals surface area contributed by atoms with Crippen molar-refractivity contribution in [2.45, 2.75) is 10.6 Å². The molecule has 0 radical (unpaired) electrons. The molecule has 0 aromatic heterocycles. The quantitative estimate of drug-likeness (QED) is 0.449. The Kier molecular flexibility index (Phi) is 5.50. The molecule has 2 aromatic carbocycles. The fourth-order valence-electron chi connectivity index (χ4n) is 1.70. The highest BCUT2D eigenvalue weighted by Gasteiger charge is 2.04. The largest absolute Gasteiger partial charge is 0.497 e. The monoisotopic (exact) mass is 306 g/mol. The Labute approximate surface area is 128 Å². The number of alkyl halides is 1. The Hall–Kier alpha value is -1.45. The molecule has 2 nitrogen and oxygen atoms in total. The van der Waals surface area contributed by atoms with Gasteiger partial charge in [0.15, 0.2) is 5.78 Å². The average Bonchev–Trinajstić information content (AvgIpc) is 2.53. The molecule has 2 aromatic rings. The van der Waals surface area contributed by atoms with E-state index in [0.717, 1.165) is 16.4 Å². The van der Waals surface area contributed by atoms with E-state index in [1.54, 1.807) is 18.9 Å². The second-order valence-electron chi connectivity index (χ2n) is 4.22. The Balaban J connectivity index is 1.94. The van der Waals surface area contributed by atoms with Gasteiger partial charge in [0.1, 0.15) is 5.75 Å². The molecule has 0 aliphatic rings. The molecule has 0 saturated heterocycles. The first-order valence-corrected chi connectivity index (χ1v) is 7.70. The SMILES string of the molecule is COc1ccc(CSc2ccc(C(=O)CCl)cc2)cc1.